The van der Waals surface area contributed by atoms with E-state index in [1.54, 1.807) is 6.07 Å². The Bertz CT molecular complexity index is 643. The molecule has 0 fully saturated rings. The Balaban J connectivity index is 2.52. The molecule has 0 radical (unpaired) electrons. The molecule has 3 rings (SSSR count). The van der Waals surface area contributed by atoms with E-state index in [-0.39, 0.29) is 11.4 Å². The quantitative estimate of drug-likeness (QED) is 0.755. The summed E-state index contributed by atoms with van der Waals surface area (Å²) in [6, 6.07) is 3.42. The van der Waals surface area contributed by atoms with Gasteiger partial charge in [0.2, 0.25) is 0 Å². The molecule has 0 amide bonds. The van der Waals surface area contributed by atoms with E-state index >= 15 is 0 Å². The van der Waals surface area contributed by atoms with E-state index in [0.29, 0.717) is 10.1 Å². The molecule has 82 valence electrons. The Kier molecular flexibility index (Phi) is 2.07. The molecule has 1 N–H and O–H groups in total. The van der Waals surface area contributed by atoms with Crippen LogP contribution in [0.15, 0.2) is 25.8 Å². The van der Waals surface area contributed by atoms with Crippen molar-refractivity contribution in [2.45, 2.75) is 19.3 Å². The average Bonchev–Trinajstić information content (AvgIpc) is 2.74. The smallest absolute Gasteiger partial charge is 0.339 e. The number of halogens is 1. The fourth-order valence-electron chi connectivity index (χ4n) is 2.30. The number of fused-ring (bicyclic) bond motifs is 3. The zero-order chi connectivity index (χ0) is 11.3. The number of hydrogen-bond donors (Lipinski definition) is 1. The highest BCUT2D eigenvalue weighted by atomic mass is 79.9. The molecular weight excluding hydrogens is 272 g/mol. The lowest BCUT2D eigenvalue weighted by Crippen LogP contribution is -2.06. The molecular formula is C12H9BrO3. The molecule has 0 bridgehead atoms. The van der Waals surface area contributed by atoms with Crippen LogP contribution < -0.4 is 5.63 Å². The van der Waals surface area contributed by atoms with Crippen molar-refractivity contribution >= 4 is 26.9 Å². The normalized spacial score (nSPS) is 14.3. The van der Waals surface area contributed by atoms with Crippen LogP contribution in [0.3, 0.4) is 0 Å². The number of aromatic hydroxyl groups is 1. The second-order valence-electron chi connectivity index (χ2n) is 3.98. The minimum Gasteiger partial charge on any atom is -0.507 e. The molecule has 0 atom stereocenters. The summed E-state index contributed by atoms with van der Waals surface area (Å²) in [7, 11) is 0. The molecule has 1 aliphatic carbocycles. The predicted octanol–water partition coefficient (Wildman–Crippen LogP) is 2.75. The summed E-state index contributed by atoms with van der Waals surface area (Å²) in [6.45, 7) is 0. The van der Waals surface area contributed by atoms with Gasteiger partial charge >= 0.3 is 5.63 Å². The SMILES string of the molecule is O=c1oc2c(Br)c(O)ccc2c2c1CCC2. The van der Waals surface area contributed by atoms with Gasteiger partial charge in [0.25, 0.3) is 0 Å². The van der Waals surface area contributed by atoms with Gasteiger partial charge < -0.3 is 9.52 Å². The molecule has 4 heteroatoms. The van der Waals surface area contributed by atoms with Gasteiger partial charge in [-0.2, -0.15) is 0 Å². The van der Waals surface area contributed by atoms with Crippen molar-refractivity contribution in [2.75, 3.05) is 0 Å². The fourth-order valence-corrected chi connectivity index (χ4v) is 2.73. The standard InChI is InChI=1S/C12H9BrO3/c13-10-9(14)5-4-7-6-2-1-3-8(6)12(15)16-11(7)10/h4-5,14H,1-3H2. The molecule has 1 aliphatic rings. The molecule has 1 aromatic carbocycles. The summed E-state index contributed by atoms with van der Waals surface area (Å²) < 4.78 is 5.71. The van der Waals surface area contributed by atoms with E-state index in [9.17, 15) is 9.90 Å². The van der Waals surface area contributed by atoms with Crippen molar-refractivity contribution in [2.24, 2.45) is 0 Å². The van der Waals surface area contributed by atoms with E-state index in [1.165, 1.54) is 0 Å². The van der Waals surface area contributed by atoms with Crippen LogP contribution in [0.4, 0.5) is 0 Å². The maximum atomic E-state index is 11.7. The minimum absolute atomic E-state index is 0.0913. The first-order chi connectivity index (χ1) is 7.68. The summed E-state index contributed by atoms with van der Waals surface area (Å²) >= 11 is 3.24. The number of phenols is 1. The van der Waals surface area contributed by atoms with Gasteiger partial charge in [-0.15, -0.1) is 0 Å². The Labute approximate surface area is 99.8 Å². The summed E-state index contributed by atoms with van der Waals surface area (Å²) in [5.74, 6) is 0.0913. The van der Waals surface area contributed by atoms with Gasteiger partial charge in [0, 0.05) is 10.9 Å². The van der Waals surface area contributed by atoms with Crippen LogP contribution >= 0.6 is 15.9 Å². The summed E-state index contributed by atoms with van der Waals surface area (Å²) in [5, 5.41) is 10.5. The van der Waals surface area contributed by atoms with Crippen LogP contribution in [0, 0.1) is 0 Å². The average molecular weight is 281 g/mol. The van der Waals surface area contributed by atoms with Crippen molar-refractivity contribution in [1.29, 1.82) is 0 Å². The molecule has 0 spiro atoms. The summed E-state index contributed by atoms with van der Waals surface area (Å²) in [5.41, 5.74) is 2.05. The van der Waals surface area contributed by atoms with E-state index in [1.807, 2.05) is 6.07 Å². The highest BCUT2D eigenvalue weighted by molar-refractivity contribution is 9.10. The minimum atomic E-state index is -0.272. The Hall–Kier alpha value is -1.29. The van der Waals surface area contributed by atoms with Gasteiger partial charge in [-0.1, -0.05) is 0 Å². The number of phenolic OH excluding ortho intramolecular Hbond substituents is 1. The van der Waals surface area contributed by atoms with E-state index in [4.69, 9.17) is 4.42 Å². The van der Waals surface area contributed by atoms with Crippen molar-refractivity contribution in [1.82, 2.24) is 0 Å². The second kappa shape index (κ2) is 3.35. The Morgan fingerprint density at radius 2 is 2.00 bits per heavy atom. The predicted molar refractivity (Wildman–Crippen MR) is 63.9 cm³/mol. The maximum absolute atomic E-state index is 11.7. The molecule has 16 heavy (non-hydrogen) atoms. The summed E-state index contributed by atoms with van der Waals surface area (Å²) in [4.78, 5) is 11.7. The zero-order valence-corrected chi connectivity index (χ0v) is 10.0. The van der Waals surface area contributed by atoms with Crippen LogP contribution in [0.2, 0.25) is 0 Å². The highest BCUT2D eigenvalue weighted by Crippen LogP contribution is 2.35. The van der Waals surface area contributed by atoms with Crippen molar-refractivity contribution in [3.8, 4) is 5.75 Å². The fraction of sp³-hybridized carbons (Fsp3) is 0.250. The van der Waals surface area contributed by atoms with Crippen LogP contribution in [0.5, 0.6) is 5.75 Å². The molecule has 0 aliphatic heterocycles. The second-order valence-corrected chi connectivity index (χ2v) is 4.77. The molecule has 3 nitrogen and oxygen atoms in total. The highest BCUT2D eigenvalue weighted by Gasteiger charge is 2.21. The van der Waals surface area contributed by atoms with Crippen LogP contribution in [-0.2, 0) is 12.8 Å². The third-order valence-corrected chi connectivity index (χ3v) is 3.83. The maximum Gasteiger partial charge on any atom is 0.339 e. The van der Waals surface area contributed by atoms with E-state index < -0.39 is 0 Å². The first-order valence-corrected chi connectivity index (χ1v) is 5.94. The third-order valence-electron chi connectivity index (χ3n) is 3.06. The van der Waals surface area contributed by atoms with E-state index in [2.05, 4.69) is 15.9 Å². The van der Waals surface area contributed by atoms with Gasteiger partial charge in [0.05, 0.1) is 0 Å². The molecule has 0 unspecified atom stereocenters. The van der Waals surface area contributed by atoms with Gasteiger partial charge in [-0.3, -0.25) is 0 Å². The molecule has 0 saturated carbocycles. The number of aryl methyl sites for hydroxylation is 1. The largest absolute Gasteiger partial charge is 0.507 e. The van der Waals surface area contributed by atoms with Crippen LogP contribution in [0.25, 0.3) is 11.0 Å². The van der Waals surface area contributed by atoms with Gasteiger partial charge in [0.15, 0.2) is 5.58 Å². The first kappa shape index (κ1) is 9.90. The summed E-state index contributed by atoms with van der Waals surface area (Å²) in [6.07, 6.45) is 2.71. The lowest BCUT2D eigenvalue weighted by molar-refractivity contribution is 0.469. The van der Waals surface area contributed by atoms with Crippen molar-refractivity contribution < 1.29 is 9.52 Å². The first-order valence-electron chi connectivity index (χ1n) is 5.14. The van der Waals surface area contributed by atoms with Crippen LogP contribution in [-0.4, -0.2) is 5.11 Å². The van der Waals surface area contributed by atoms with Crippen LogP contribution in [0.1, 0.15) is 17.5 Å². The van der Waals surface area contributed by atoms with Gasteiger partial charge in [-0.25, -0.2) is 4.79 Å². The lowest BCUT2D eigenvalue weighted by Gasteiger charge is -2.06. The van der Waals surface area contributed by atoms with Gasteiger partial charge in [-0.05, 0) is 52.9 Å². The van der Waals surface area contributed by atoms with Crippen molar-refractivity contribution in [3.63, 3.8) is 0 Å². The molecule has 0 saturated heterocycles. The molecule has 1 aromatic heterocycles. The van der Waals surface area contributed by atoms with Gasteiger partial charge in [0.1, 0.15) is 10.2 Å². The Morgan fingerprint density at radius 3 is 2.81 bits per heavy atom. The lowest BCUT2D eigenvalue weighted by atomic mass is 10.1. The number of rotatable bonds is 0. The number of benzene rings is 1. The topological polar surface area (TPSA) is 50.4 Å². The van der Waals surface area contributed by atoms with E-state index in [0.717, 1.165) is 35.8 Å². The Morgan fingerprint density at radius 1 is 1.25 bits per heavy atom. The molecule has 1 heterocycles. The zero-order valence-electron chi connectivity index (χ0n) is 8.42. The monoisotopic (exact) mass is 280 g/mol. The third kappa shape index (κ3) is 1.23. The van der Waals surface area contributed by atoms with Crippen molar-refractivity contribution in [3.05, 3.63) is 38.2 Å². The molecule has 2 aromatic rings. The number of hydrogen-bond acceptors (Lipinski definition) is 3.